The zero-order chi connectivity index (χ0) is 21.7. The number of aryl methyl sites for hydroxylation is 1. The fourth-order valence-corrected chi connectivity index (χ4v) is 2.71. The number of ether oxygens (including phenoxy) is 1. The Hall–Kier alpha value is -3.23. The lowest BCUT2D eigenvalue weighted by atomic mass is 10.1. The van der Waals surface area contributed by atoms with E-state index in [1.165, 1.54) is 13.0 Å². The molecule has 158 valence electrons. The Bertz CT molecular complexity index is 991. The van der Waals surface area contributed by atoms with Gasteiger partial charge in [-0.2, -0.15) is 13.2 Å². The third kappa shape index (κ3) is 5.88. The van der Waals surface area contributed by atoms with E-state index in [4.69, 9.17) is 4.74 Å². The van der Waals surface area contributed by atoms with E-state index in [0.29, 0.717) is 36.1 Å². The molecule has 1 unspecified atom stereocenters. The average molecular weight is 420 g/mol. The number of rotatable bonds is 7. The number of halogens is 4. The molecule has 0 aliphatic heterocycles. The van der Waals surface area contributed by atoms with Crippen molar-refractivity contribution in [1.82, 2.24) is 15.0 Å². The molecular formula is C21H20F4N4O. The highest BCUT2D eigenvalue weighted by Crippen LogP contribution is 2.31. The first-order chi connectivity index (χ1) is 14.2. The van der Waals surface area contributed by atoms with Crippen LogP contribution in [-0.2, 0) is 12.6 Å². The highest BCUT2D eigenvalue weighted by Gasteiger charge is 2.32. The zero-order valence-electron chi connectivity index (χ0n) is 16.4. The number of alkyl halides is 4. The average Bonchev–Trinajstić information content (AvgIpc) is 2.68. The molecule has 0 fully saturated rings. The third-order valence-corrected chi connectivity index (χ3v) is 4.17. The van der Waals surface area contributed by atoms with Gasteiger partial charge in [0.05, 0.1) is 5.69 Å². The van der Waals surface area contributed by atoms with Gasteiger partial charge in [-0.05, 0) is 44.0 Å². The van der Waals surface area contributed by atoms with E-state index in [2.05, 4.69) is 20.3 Å². The van der Waals surface area contributed by atoms with E-state index in [9.17, 15) is 17.6 Å². The molecule has 0 aliphatic carbocycles. The minimum atomic E-state index is -4.53. The number of nitrogens with zero attached hydrogens (tertiary/aromatic N) is 3. The summed E-state index contributed by atoms with van der Waals surface area (Å²) in [4.78, 5) is 11.6. The Kier molecular flexibility index (Phi) is 6.49. The van der Waals surface area contributed by atoms with Crippen LogP contribution < -0.4 is 10.1 Å². The minimum Gasteiger partial charge on any atom is -0.457 e. The maximum Gasteiger partial charge on any atom is 0.433 e. The van der Waals surface area contributed by atoms with E-state index in [0.717, 1.165) is 17.8 Å². The van der Waals surface area contributed by atoms with Crippen molar-refractivity contribution in [2.75, 3.05) is 11.9 Å². The lowest BCUT2D eigenvalue weighted by Crippen LogP contribution is -2.09. The molecule has 1 aromatic carbocycles. The molecule has 0 radical (unpaired) electrons. The number of benzene rings is 1. The molecule has 3 rings (SSSR count). The first kappa shape index (κ1) is 21.5. The molecule has 1 atom stereocenters. The number of aromatic nitrogens is 3. The van der Waals surface area contributed by atoms with E-state index >= 15 is 0 Å². The topological polar surface area (TPSA) is 59.9 Å². The predicted molar refractivity (Wildman–Crippen MR) is 104 cm³/mol. The predicted octanol–water partition coefficient (Wildman–Crippen LogP) is 5.68. The summed E-state index contributed by atoms with van der Waals surface area (Å²) >= 11 is 0. The Balaban J connectivity index is 1.57. The lowest BCUT2D eigenvalue weighted by molar-refractivity contribution is -0.141. The second-order valence-electron chi connectivity index (χ2n) is 6.64. The summed E-state index contributed by atoms with van der Waals surface area (Å²) in [6.07, 6.45) is -3.98. The monoisotopic (exact) mass is 420 g/mol. The largest absolute Gasteiger partial charge is 0.457 e. The van der Waals surface area contributed by atoms with Gasteiger partial charge in [0.1, 0.15) is 35.0 Å². The van der Waals surface area contributed by atoms with Gasteiger partial charge in [-0.3, -0.25) is 4.98 Å². The molecule has 0 spiro atoms. The first-order valence-electron chi connectivity index (χ1n) is 9.24. The van der Waals surface area contributed by atoms with Crippen LogP contribution in [0.3, 0.4) is 0 Å². The van der Waals surface area contributed by atoms with Crippen molar-refractivity contribution in [3.8, 4) is 11.5 Å². The molecule has 2 heterocycles. The van der Waals surface area contributed by atoms with Crippen molar-refractivity contribution in [2.24, 2.45) is 0 Å². The fraction of sp³-hybridized carbons (Fsp3) is 0.286. The maximum absolute atomic E-state index is 13.5. The second-order valence-corrected chi connectivity index (χ2v) is 6.64. The van der Waals surface area contributed by atoms with Crippen molar-refractivity contribution >= 4 is 5.82 Å². The Morgan fingerprint density at radius 3 is 2.43 bits per heavy atom. The van der Waals surface area contributed by atoms with Crippen molar-refractivity contribution < 1.29 is 22.3 Å². The fourth-order valence-electron chi connectivity index (χ4n) is 2.71. The summed E-state index contributed by atoms with van der Waals surface area (Å²) in [6, 6.07) is 10.8. The molecule has 3 aromatic rings. The molecule has 0 bridgehead atoms. The van der Waals surface area contributed by atoms with E-state index in [1.807, 2.05) is 12.1 Å². The van der Waals surface area contributed by atoms with Crippen LogP contribution in [0.25, 0.3) is 0 Å². The number of anilines is 1. The molecule has 0 amide bonds. The van der Waals surface area contributed by atoms with Crippen LogP contribution in [0.1, 0.15) is 35.9 Å². The molecule has 0 saturated carbocycles. The molecule has 1 N–H and O–H groups in total. The van der Waals surface area contributed by atoms with Gasteiger partial charge in [-0.25, -0.2) is 14.4 Å². The molecule has 5 nitrogen and oxygen atoms in total. The summed E-state index contributed by atoms with van der Waals surface area (Å²) < 4.78 is 57.2. The van der Waals surface area contributed by atoms with Crippen LogP contribution >= 0.6 is 0 Å². The van der Waals surface area contributed by atoms with Crippen LogP contribution in [0, 0.1) is 6.92 Å². The molecule has 0 saturated heterocycles. The Morgan fingerprint density at radius 2 is 1.77 bits per heavy atom. The van der Waals surface area contributed by atoms with Gasteiger partial charge in [0.15, 0.2) is 0 Å². The number of hydrogen-bond acceptors (Lipinski definition) is 5. The summed E-state index contributed by atoms with van der Waals surface area (Å²) in [7, 11) is 0. The Labute approximate surface area is 171 Å². The zero-order valence-corrected chi connectivity index (χ0v) is 16.4. The van der Waals surface area contributed by atoms with Crippen molar-refractivity contribution in [3.05, 3.63) is 71.4 Å². The van der Waals surface area contributed by atoms with E-state index < -0.39 is 18.0 Å². The maximum atomic E-state index is 13.5. The molecule has 30 heavy (non-hydrogen) atoms. The molecule has 0 aliphatic rings. The normalized spacial score (nSPS) is 12.5. The van der Waals surface area contributed by atoms with Gasteiger partial charge in [0.25, 0.3) is 0 Å². The number of hydrogen-bond donors (Lipinski definition) is 1. The highest BCUT2D eigenvalue weighted by molar-refractivity contribution is 5.38. The Morgan fingerprint density at radius 1 is 1.03 bits per heavy atom. The third-order valence-electron chi connectivity index (χ3n) is 4.17. The smallest absolute Gasteiger partial charge is 0.433 e. The summed E-state index contributed by atoms with van der Waals surface area (Å²) in [5, 5.41) is 3.14. The van der Waals surface area contributed by atoms with E-state index in [-0.39, 0.29) is 5.75 Å². The highest BCUT2D eigenvalue weighted by atomic mass is 19.4. The number of nitrogens with one attached hydrogen (secondary N) is 1. The van der Waals surface area contributed by atoms with Gasteiger partial charge < -0.3 is 10.1 Å². The van der Waals surface area contributed by atoms with Crippen molar-refractivity contribution in [3.63, 3.8) is 0 Å². The van der Waals surface area contributed by atoms with Gasteiger partial charge in [-0.1, -0.05) is 12.1 Å². The van der Waals surface area contributed by atoms with E-state index in [1.54, 1.807) is 25.1 Å². The summed E-state index contributed by atoms with van der Waals surface area (Å²) in [6.45, 7) is 3.69. The van der Waals surface area contributed by atoms with Crippen molar-refractivity contribution in [1.29, 1.82) is 0 Å². The van der Waals surface area contributed by atoms with Crippen LogP contribution in [-0.4, -0.2) is 21.5 Å². The van der Waals surface area contributed by atoms with Crippen LogP contribution in [0.2, 0.25) is 0 Å². The van der Waals surface area contributed by atoms with Gasteiger partial charge in [0.2, 0.25) is 0 Å². The first-order valence-corrected chi connectivity index (χ1v) is 9.24. The molecular weight excluding hydrogens is 400 g/mol. The SMILES string of the molecule is Cc1nc(NCCc2ccc(Oc3ccnc(C(F)(F)F)c3)cc2)cc(C(C)F)n1. The summed E-state index contributed by atoms with van der Waals surface area (Å²) in [5.41, 5.74) is 0.315. The van der Waals surface area contributed by atoms with Crippen LogP contribution in [0.5, 0.6) is 11.5 Å². The molecule has 9 heteroatoms. The standard InChI is InChI=1S/C21H20F4N4O/c1-13(22)18-12-20(29-14(2)28-18)27-9-7-15-3-5-16(6-4-15)30-17-8-10-26-19(11-17)21(23,24)25/h3-6,8,10-13H,7,9H2,1-2H3,(H,27,28,29). The molecule has 2 aromatic heterocycles. The van der Waals surface area contributed by atoms with Crippen LogP contribution in [0.4, 0.5) is 23.4 Å². The minimum absolute atomic E-state index is 0.0590. The second kappa shape index (κ2) is 9.06. The van der Waals surface area contributed by atoms with Gasteiger partial charge >= 0.3 is 6.18 Å². The lowest BCUT2D eigenvalue weighted by Gasteiger charge is -2.11. The van der Waals surface area contributed by atoms with Gasteiger partial charge in [-0.15, -0.1) is 0 Å². The quantitative estimate of drug-likeness (QED) is 0.499. The van der Waals surface area contributed by atoms with Gasteiger partial charge in [0, 0.05) is 24.9 Å². The summed E-state index contributed by atoms with van der Waals surface area (Å²) in [5.74, 6) is 1.52. The number of pyridine rings is 1. The van der Waals surface area contributed by atoms with Crippen LogP contribution in [0.15, 0.2) is 48.7 Å². The van der Waals surface area contributed by atoms with Crippen molar-refractivity contribution in [2.45, 2.75) is 32.6 Å².